The van der Waals surface area contributed by atoms with Gasteiger partial charge >= 0.3 is 0 Å². The number of benzene rings is 10. The molecule has 0 fully saturated rings. The normalized spacial score (nSPS) is 11.0. The first-order valence-corrected chi connectivity index (χ1v) is 20.5. The van der Waals surface area contributed by atoms with E-state index in [4.69, 9.17) is 0 Å². The SMILES string of the molecule is c1ccc(-c2ccc(N(c3ccc(-c4ccccc4)cc3)c3ccc(-c4ccc(N(c5ccccc5)c5ccc(-c6ccccc6)c6ccccc56)cc4)cc3)cc2)cc1. The zero-order chi connectivity index (χ0) is 40.1. The Kier molecular flexibility index (Phi) is 10.0. The van der Waals surface area contributed by atoms with Gasteiger partial charge in [-0.15, -0.1) is 0 Å². The minimum atomic E-state index is 1.09. The van der Waals surface area contributed by atoms with Crippen LogP contribution in [0.25, 0.3) is 55.3 Å². The summed E-state index contributed by atoms with van der Waals surface area (Å²) < 4.78 is 0. The van der Waals surface area contributed by atoms with Crippen molar-refractivity contribution in [3.63, 3.8) is 0 Å². The summed E-state index contributed by atoms with van der Waals surface area (Å²) in [6.07, 6.45) is 0. The maximum Gasteiger partial charge on any atom is 0.0540 e. The minimum Gasteiger partial charge on any atom is -0.311 e. The molecular formula is C58H42N2. The number of anilines is 6. The zero-order valence-corrected chi connectivity index (χ0v) is 33.1. The van der Waals surface area contributed by atoms with Crippen LogP contribution in [0, 0.1) is 0 Å². The Morgan fingerprint density at radius 2 is 0.483 bits per heavy atom. The van der Waals surface area contributed by atoms with Gasteiger partial charge in [-0.2, -0.15) is 0 Å². The van der Waals surface area contributed by atoms with Crippen LogP contribution in [0.15, 0.2) is 255 Å². The lowest BCUT2D eigenvalue weighted by molar-refractivity contribution is 1.28. The lowest BCUT2D eigenvalue weighted by Crippen LogP contribution is -2.10. The average molecular weight is 767 g/mol. The first-order valence-electron chi connectivity index (χ1n) is 20.5. The van der Waals surface area contributed by atoms with E-state index in [1.54, 1.807) is 0 Å². The molecule has 0 saturated heterocycles. The molecule has 0 radical (unpaired) electrons. The number of hydrogen-bond donors (Lipinski definition) is 0. The Morgan fingerprint density at radius 1 is 0.183 bits per heavy atom. The van der Waals surface area contributed by atoms with E-state index >= 15 is 0 Å². The van der Waals surface area contributed by atoms with Gasteiger partial charge in [0, 0.05) is 33.8 Å². The molecule has 0 aromatic heterocycles. The van der Waals surface area contributed by atoms with E-state index in [1.165, 1.54) is 44.2 Å². The van der Waals surface area contributed by atoms with Gasteiger partial charge in [0.2, 0.25) is 0 Å². The maximum atomic E-state index is 2.37. The van der Waals surface area contributed by atoms with Crippen molar-refractivity contribution < 1.29 is 0 Å². The predicted molar refractivity (Wildman–Crippen MR) is 255 cm³/mol. The summed E-state index contributed by atoms with van der Waals surface area (Å²) in [5.41, 5.74) is 16.2. The van der Waals surface area contributed by atoms with Crippen LogP contribution in [0.4, 0.5) is 34.1 Å². The molecule has 0 aliphatic heterocycles. The van der Waals surface area contributed by atoms with Crippen LogP contribution in [0.1, 0.15) is 0 Å². The number of fused-ring (bicyclic) bond motifs is 1. The van der Waals surface area contributed by atoms with E-state index in [-0.39, 0.29) is 0 Å². The molecule has 0 amide bonds. The standard InChI is InChI=1S/C58H42N2/c1-5-15-43(16-6-1)45-25-33-51(34-26-45)59(52-35-27-46(28-36-52)44-17-7-2-8-18-44)53-37-29-47(30-38-53)48-31-39-54(40-32-48)60(50-21-11-4-12-22-50)58-42-41-55(49-19-9-3-10-20-49)56-23-13-14-24-57(56)58/h1-42H. The molecule has 0 aliphatic rings. The van der Waals surface area contributed by atoms with E-state index in [0.717, 1.165) is 45.3 Å². The molecule has 0 aliphatic carbocycles. The highest BCUT2D eigenvalue weighted by atomic mass is 15.1. The molecule has 0 bridgehead atoms. The highest BCUT2D eigenvalue weighted by Gasteiger charge is 2.18. The average Bonchev–Trinajstić information content (AvgIpc) is 3.34. The topological polar surface area (TPSA) is 6.48 Å². The summed E-state index contributed by atoms with van der Waals surface area (Å²) in [6, 6.07) is 91.3. The fourth-order valence-corrected chi connectivity index (χ4v) is 8.27. The van der Waals surface area contributed by atoms with Gasteiger partial charge in [0.15, 0.2) is 0 Å². The lowest BCUT2D eigenvalue weighted by Gasteiger charge is -2.28. The van der Waals surface area contributed by atoms with Gasteiger partial charge in [0.25, 0.3) is 0 Å². The van der Waals surface area contributed by atoms with Crippen LogP contribution in [0.3, 0.4) is 0 Å². The minimum absolute atomic E-state index is 1.09. The predicted octanol–water partition coefficient (Wildman–Crippen LogP) is 16.4. The third-order valence-electron chi connectivity index (χ3n) is 11.3. The Balaban J connectivity index is 0.985. The summed E-state index contributed by atoms with van der Waals surface area (Å²) in [6.45, 7) is 0. The summed E-state index contributed by atoms with van der Waals surface area (Å²) >= 11 is 0. The second-order valence-corrected chi connectivity index (χ2v) is 15.0. The largest absolute Gasteiger partial charge is 0.311 e. The quantitative estimate of drug-likeness (QED) is 0.137. The van der Waals surface area contributed by atoms with Crippen molar-refractivity contribution in [3.05, 3.63) is 255 Å². The molecule has 10 aromatic rings. The van der Waals surface area contributed by atoms with Crippen LogP contribution in [-0.4, -0.2) is 0 Å². The van der Waals surface area contributed by atoms with Crippen LogP contribution in [0.5, 0.6) is 0 Å². The van der Waals surface area contributed by atoms with Crippen LogP contribution < -0.4 is 9.80 Å². The highest BCUT2D eigenvalue weighted by molar-refractivity contribution is 6.06. The smallest absolute Gasteiger partial charge is 0.0540 e. The zero-order valence-electron chi connectivity index (χ0n) is 33.1. The van der Waals surface area contributed by atoms with Gasteiger partial charge in [0.1, 0.15) is 0 Å². The summed E-state index contributed by atoms with van der Waals surface area (Å²) in [4.78, 5) is 4.70. The first kappa shape index (κ1) is 36.4. The second-order valence-electron chi connectivity index (χ2n) is 15.0. The van der Waals surface area contributed by atoms with Crippen molar-refractivity contribution in [3.8, 4) is 44.5 Å². The van der Waals surface area contributed by atoms with Crippen LogP contribution in [0.2, 0.25) is 0 Å². The van der Waals surface area contributed by atoms with Gasteiger partial charge in [-0.1, -0.05) is 188 Å². The van der Waals surface area contributed by atoms with Gasteiger partial charge < -0.3 is 9.80 Å². The Hall–Kier alpha value is -7.94. The number of nitrogens with zero attached hydrogens (tertiary/aromatic N) is 2. The molecule has 0 unspecified atom stereocenters. The molecule has 0 spiro atoms. The molecule has 60 heavy (non-hydrogen) atoms. The second kappa shape index (κ2) is 16.5. The molecule has 0 atom stereocenters. The molecular weight excluding hydrogens is 725 g/mol. The van der Waals surface area contributed by atoms with Gasteiger partial charge in [-0.05, 0) is 117 Å². The molecule has 0 N–H and O–H groups in total. The van der Waals surface area contributed by atoms with Crippen LogP contribution >= 0.6 is 0 Å². The van der Waals surface area contributed by atoms with Crippen LogP contribution in [-0.2, 0) is 0 Å². The van der Waals surface area contributed by atoms with Crippen molar-refractivity contribution in [2.45, 2.75) is 0 Å². The Labute approximate surface area is 352 Å². The fraction of sp³-hybridized carbons (Fsp3) is 0. The third-order valence-corrected chi connectivity index (χ3v) is 11.3. The fourth-order valence-electron chi connectivity index (χ4n) is 8.27. The number of hydrogen-bond acceptors (Lipinski definition) is 2. The van der Waals surface area contributed by atoms with Gasteiger partial charge in [0.05, 0.1) is 5.69 Å². The molecule has 10 aromatic carbocycles. The monoisotopic (exact) mass is 766 g/mol. The highest BCUT2D eigenvalue weighted by Crippen LogP contribution is 2.43. The van der Waals surface area contributed by atoms with Crippen molar-refractivity contribution in [1.29, 1.82) is 0 Å². The molecule has 10 rings (SSSR count). The summed E-state index contributed by atoms with van der Waals surface area (Å²) in [7, 11) is 0. The number of para-hydroxylation sites is 1. The van der Waals surface area contributed by atoms with E-state index in [1.807, 2.05) is 0 Å². The van der Waals surface area contributed by atoms with Crippen molar-refractivity contribution in [2.75, 3.05) is 9.80 Å². The Morgan fingerprint density at radius 3 is 0.900 bits per heavy atom. The van der Waals surface area contributed by atoms with E-state index in [2.05, 4.69) is 265 Å². The van der Waals surface area contributed by atoms with E-state index in [0.29, 0.717) is 0 Å². The lowest BCUT2D eigenvalue weighted by atomic mass is 9.96. The van der Waals surface area contributed by atoms with Crippen molar-refractivity contribution in [2.24, 2.45) is 0 Å². The van der Waals surface area contributed by atoms with Gasteiger partial charge in [-0.3, -0.25) is 0 Å². The van der Waals surface area contributed by atoms with Crippen molar-refractivity contribution >= 4 is 44.9 Å². The Bertz CT molecular complexity index is 2880. The maximum absolute atomic E-state index is 2.37. The summed E-state index contributed by atoms with van der Waals surface area (Å²) in [5.74, 6) is 0. The molecule has 2 nitrogen and oxygen atoms in total. The van der Waals surface area contributed by atoms with E-state index < -0.39 is 0 Å². The number of rotatable bonds is 10. The van der Waals surface area contributed by atoms with Crippen molar-refractivity contribution in [1.82, 2.24) is 0 Å². The van der Waals surface area contributed by atoms with Gasteiger partial charge in [-0.25, -0.2) is 0 Å². The molecule has 2 heteroatoms. The molecule has 284 valence electrons. The summed E-state index contributed by atoms with van der Waals surface area (Å²) in [5, 5.41) is 2.43. The molecule has 0 saturated carbocycles. The molecule has 0 heterocycles. The first-order chi connectivity index (χ1) is 29.8. The van der Waals surface area contributed by atoms with E-state index in [9.17, 15) is 0 Å². The third kappa shape index (κ3) is 7.35.